The highest BCUT2D eigenvalue weighted by Crippen LogP contribution is 2.42. The molecule has 164 valence electrons. The molecule has 0 saturated heterocycles. The molecule has 0 nitrogen and oxygen atoms in total. The van der Waals surface area contributed by atoms with E-state index >= 15 is 0 Å². The molecule has 35 heavy (non-hydrogen) atoms. The summed E-state index contributed by atoms with van der Waals surface area (Å²) in [5, 5.41) is 10.2. The van der Waals surface area contributed by atoms with Crippen LogP contribution in [0.5, 0.6) is 0 Å². The summed E-state index contributed by atoms with van der Waals surface area (Å²) in [7, 11) is 0. The summed E-state index contributed by atoms with van der Waals surface area (Å²) in [6.45, 7) is 0. The number of rotatable bonds is 2. The number of hydrogen-bond acceptors (Lipinski definition) is 0. The van der Waals surface area contributed by atoms with E-state index in [1.54, 1.807) is 0 Å². The minimum atomic E-state index is 1.08. The van der Waals surface area contributed by atoms with Gasteiger partial charge in [0.2, 0.25) is 0 Å². The van der Waals surface area contributed by atoms with Crippen molar-refractivity contribution in [2.24, 2.45) is 0 Å². The Morgan fingerprint density at radius 3 is 1.00 bits per heavy atom. The van der Waals surface area contributed by atoms with Crippen molar-refractivity contribution in [1.82, 2.24) is 0 Å². The van der Waals surface area contributed by atoms with Crippen LogP contribution in [-0.4, -0.2) is 0 Å². The number of benzene rings is 7. The minimum Gasteiger partial charge on any atom is -0.0616 e. The molecule has 0 radical (unpaired) electrons. The molecule has 0 spiro atoms. The molecule has 7 rings (SSSR count). The molecule has 0 aliphatic carbocycles. The molecule has 0 aliphatic heterocycles. The normalized spacial score (nSPS) is 11.6. The van der Waals surface area contributed by atoms with Gasteiger partial charge in [0, 0.05) is 4.47 Å². The fourth-order valence-electron chi connectivity index (χ4n) is 5.53. The summed E-state index contributed by atoms with van der Waals surface area (Å²) < 4.78 is 1.08. The van der Waals surface area contributed by atoms with Crippen molar-refractivity contribution in [3.8, 4) is 22.3 Å². The van der Waals surface area contributed by atoms with Crippen LogP contribution in [-0.2, 0) is 0 Å². The Balaban J connectivity index is 1.60. The molecule has 7 aromatic rings. The first kappa shape index (κ1) is 20.4. The van der Waals surface area contributed by atoms with Crippen molar-refractivity contribution in [2.75, 3.05) is 0 Å². The summed E-state index contributed by atoms with van der Waals surface area (Å²) in [5.74, 6) is 0. The largest absolute Gasteiger partial charge is 0.0616 e. The molecule has 0 unspecified atom stereocenters. The summed E-state index contributed by atoms with van der Waals surface area (Å²) in [6, 6.07) is 46.3. The molecular weight excluding hydrogens is 488 g/mol. The van der Waals surface area contributed by atoms with Crippen molar-refractivity contribution in [3.05, 3.63) is 132 Å². The second-order valence-corrected chi connectivity index (χ2v) is 10.0. The average molecular weight is 509 g/mol. The highest BCUT2D eigenvalue weighted by atomic mass is 79.9. The van der Waals surface area contributed by atoms with Gasteiger partial charge in [0.05, 0.1) is 0 Å². The van der Waals surface area contributed by atoms with Gasteiger partial charge in [-0.1, -0.05) is 113 Å². The van der Waals surface area contributed by atoms with Gasteiger partial charge in [-0.15, -0.1) is 0 Å². The molecule has 0 saturated carbocycles. The smallest absolute Gasteiger partial charge is 0.0187 e. The number of fused-ring (bicyclic) bond motifs is 4. The molecule has 0 bridgehead atoms. The zero-order chi connectivity index (χ0) is 23.4. The zero-order valence-corrected chi connectivity index (χ0v) is 20.6. The molecule has 1 heteroatoms. The second kappa shape index (κ2) is 8.08. The maximum Gasteiger partial charge on any atom is 0.0187 e. The van der Waals surface area contributed by atoms with Crippen molar-refractivity contribution in [2.45, 2.75) is 0 Å². The standard InChI is InChI=1S/C34H21Br/c35-28-20-26(33-29-13-5-1-9-22(29)17-23-10-2-6-14-30(23)33)19-27(21-28)34-31-15-7-3-11-24(31)18-25-12-4-8-16-32(25)34/h1-21H. The van der Waals surface area contributed by atoms with Crippen molar-refractivity contribution >= 4 is 59.0 Å². The van der Waals surface area contributed by atoms with Crippen molar-refractivity contribution in [3.63, 3.8) is 0 Å². The average Bonchev–Trinajstić information content (AvgIpc) is 2.90. The Hall–Kier alpha value is -3.94. The van der Waals surface area contributed by atoms with E-state index in [4.69, 9.17) is 0 Å². The summed E-state index contributed by atoms with van der Waals surface area (Å²) in [4.78, 5) is 0. The van der Waals surface area contributed by atoms with Gasteiger partial charge in [-0.05, 0) is 95.7 Å². The second-order valence-electron chi connectivity index (χ2n) is 9.12. The third-order valence-electron chi connectivity index (χ3n) is 7.02. The lowest BCUT2D eigenvalue weighted by Crippen LogP contribution is -1.89. The fraction of sp³-hybridized carbons (Fsp3) is 0. The van der Waals surface area contributed by atoms with Crippen LogP contribution in [0.3, 0.4) is 0 Å². The lowest BCUT2D eigenvalue weighted by Gasteiger charge is -2.16. The molecule has 0 amide bonds. The van der Waals surface area contributed by atoms with Crippen LogP contribution in [0.1, 0.15) is 0 Å². The molecule has 0 aromatic heterocycles. The van der Waals surface area contributed by atoms with Crippen LogP contribution in [0.15, 0.2) is 132 Å². The van der Waals surface area contributed by atoms with Gasteiger partial charge in [0.1, 0.15) is 0 Å². The van der Waals surface area contributed by atoms with Gasteiger partial charge in [-0.3, -0.25) is 0 Å². The van der Waals surface area contributed by atoms with Crippen LogP contribution >= 0.6 is 15.9 Å². The van der Waals surface area contributed by atoms with E-state index in [1.807, 2.05) is 0 Å². The maximum atomic E-state index is 3.86. The van der Waals surface area contributed by atoms with Crippen molar-refractivity contribution in [1.29, 1.82) is 0 Å². The van der Waals surface area contributed by atoms with Gasteiger partial charge in [-0.2, -0.15) is 0 Å². The van der Waals surface area contributed by atoms with Gasteiger partial charge >= 0.3 is 0 Å². The van der Waals surface area contributed by atoms with E-state index in [-0.39, 0.29) is 0 Å². The molecule has 0 aliphatic rings. The van der Waals surface area contributed by atoms with Crippen LogP contribution < -0.4 is 0 Å². The van der Waals surface area contributed by atoms with E-state index in [0.29, 0.717) is 0 Å². The first-order valence-electron chi connectivity index (χ1n) is 11.9. The number of hydrogen-bond donors (Lipinski definition) is 0. The molecule has 0 fully saturated rings. The maximum absolute atomic E-state index is 3.86. The fourth-order valence-corrected chi connectivity index (χ4v) is 6.02. The topological polar surface area (TPSA) is 0 Å². The van der Waals surface area contributed by atoms with Crippen LogP contribution in [0.25, 0.3) is 65.3 Å². The monoisotopic (exact) mass is 508 g/mol. The number of halogens is 1. The minimum absolute atomic E-state index is 1.08. The highest BCUT2D eigenvalue weighted by molar-refractivity contribution is 9.10. The van der Waals surface area contributed by atoms with Gasteiger partial charge in [0.25, 0.3) is 0 Å². The van der Waals surface area contributed by atoms with E-state index in [0.717, 1.165) is 4.47 Å². The Kier molecular flexibility index (Phi) is 4.72. The molecule has 7 aromatic carbocycles. The van der Waals surface area contributed by atoms with Crippen LogP contribution in [0.2, 0.25) is 0 Å². The van der Waals surface area contributed by atoms with E-state index in [1.165, 1.54) is 65.3 Å². The summed E-state index contributed by atoms with van der Waals surface area (Å²) >= 11 is 3.86. The lowest BCUT2D eigenvalue weighted by atomic mass is 9.88. The molecule has 0 heterocycles. The van der Waals surface area contributed by atoms with Gasteiger partial charge < -0.3 is 0 Å². The third kappa shape index (κ3) is 3.35. The first-order valence-corrected chi connectivity index (χ1v) is 12.7. The summed E-state index contributed by atoms with van der Waals surface area (Å²) in [6.07, 6.45) is 0. The Bertz CT molecular complexity index is 1670. The van der Waals surface area contributed by atoms with Gasteiger partial charge in [-0.25, -0.2) is 0 Å². The Morgan fingerprint density at radius 1 is 0.343 bits per heavy atom. The molecular formula is C34H21Br. The molecule has 0 atom stereocenters. The van der Waals surface area contributed by atoms with E-state index < -0.39 is 0 Å². The predicted octanol–water partition coefficient (Wildman–Crippen LogP) is 10.4. The summed E-state index contributed by atoms with van der Waals surface area (Å²) in [5.41, 5.74) is 5.01. The van der Waals surface area contributed by atoms with Gasteiger partial charge in [0.15, 0.2) is 0 Å². The highest BCUT2D eigenvalue weighted by Gasteiger charge is 2.15. The van der Waals surface area contributed by atoms with Crippen LogP contribution in [0, 0.1) is 0 Å². The zero-order valence-electron chi connectivity index (χ0n) is 19.0. The first-order chi connectivity index (χ1) is 17.3. The predicted molar refractivity (Wildman–Crippen MR) is 155 cm³/mol. The van der Waals surface area contributed by atoms with E-state index in [2.05, 4.69) is 143 Å². The van der Waals surface area contributed by atoms with E-state index in [9.17, 15) is 0 Å². The van der Waals surface area contributed by atoms with Crippen LogP contribution in [0.4, 0.5) is 0 Å². The van der Waals surface area contributed by atoms with Crippen molar-refractivity contribution < 1.29 is 0 Å². The Labute approximate surface area is 212 Å². The Morgan fingerprint density at radius 2 is 0.657 bits per heavy atom. The molecule has 0 N–H and O–H groups in total. The third-order valence-corrected chi connectivity index (χ3v) is 7.48. The quantitative estimate of drug-likeness (QED) is 0.203. The SMILES string of the molecule is Brc1cc(-c2c3ccccc3cc3ccccc23)cc(-c2c3ccccc3cc3ccccc23)c1. The lowest BCUT2D eigenvalue weighted by molar-refractivity contribution is 1.62.